The number of amides is 2. The summed E-state index contributed by atoms with van der Waals surface area (Å²) in [5, 5.41) is 3.47. The summed E-state index contributed by atoms with van der Waals surface area (Å²) in [4.78, 5) is 28.2. The van der Waals surface area contributed by atoms with Gasteiger partial charge in [0.25, 0.3) is 0 Å². The zero-order valence-corrected chi connectivity index (χ0v) is 22.7. The molecule has 2 rings (SSSR count). The Morgan fingerprint density at radius 2 is 1.71 bits per heavy atom. The maximum Gasteiger partial charge on any atom is 0.244 e. The third kappa shape index (κ3) is 7.97. The van der Waals surface area contributed by atoms with Crippen molar-refractivity contribution < 1.29 is 18.0 Å². The largest absolute Gasteiger partial charge is 0.354 e. The lowest BCUT2D eigenvalue weighted by Crippen LogP contribution is -2.52. The van der Waals surface area contributed by atoms with Crippen LogP contribution in [0.15, 0.2) is 42.5 Å². The Hall–Kier alpha value is -2.58. The monoisotopic (exact) mass is 521 g/mol. The van der Waals surface area contributed by atoms with Gasteiger partial charge in [0, 0.05) is 18.1 Å². The molecule has 1 N–H and O–H groups in total. The van der Waals surface area contributed by atoms with Crippen LogP contribution in [0.1, 0.15) is 49.8 Å². The maximum atomic E-state index is 13.7. The van der Waals surface area contributed by atoms with Gasteiger partial charge in [-0.05, 0) is 61.6 Å². The minimum atomic E-state index is -3.77. The van der Waals surface area contributed by atoms with E-state index in [0.29, 0.717) is 23.7 Å². The van der Waals surface area contributed by atoms with Gasteiger partial charge in [0.15, 0.2) is 0 Å². The van der Waals surface area contributed by atoms with Crippen molar-refractivity contribution in [3.05, 3.63) is 64.2 Å². The standard InChI is InChI=1S/C26H36ClN3O4S/c1-6-8-16-28-26(32)23(7-2)29(17-21-12-14-22(27)15-13-21)25(31)18-30(35(5,33)34)24-11-9-10-19(3)20(24)4/h9-15,23H,6-8,16-18H2,1-5H3,(H,28,32). The Bertz CT molecular complexity index is 1120. The van der Waals surface area contributed by atoms with Crippen LogP contribution in [-0.4, -0.2) is 50.5 Å². The molecule has 1 atom stereocenters. The van der Waals surface area contributed by atoms with Gasteiger partial charge in [-0.25, -0.2) is 8.42 Å². The molecule has 1 unspecified atom stereocenters. The van der Waals surface area contributed by atoms with E-state index < -0.39 is 28.5 Å². The molecular weight excluding hydrogens is 486 g/mol. The fraction of sp³-hybridized carbons (Fsp3) is 0.462. The van der Waals surface area contributed by atoms with E-state index in [4.69, 9.17) is 11.6 Å². The molecule has 0 aliphatic heterocycles. The van der Waals surface area contributed by atoms with E-state index >= 15 is 0 Å². The number of carbonyl (C=O) groups excluding carboxylic acids is 2. The van der Waals surface area contributed by atoms with E-state index in [9.17, 15) is 18.0 Å². The SMILES string of the molecule is CCCCNC(=O)C(CC)N(Cc1ccc(Cl)cc1)C(=O)CN(c1cccc(C)c1C)S(C)(=O)=O. The minimum absolute atomic E-state index is 0.153. The molecular formula is C26H36ClN3O4S. The van der Waals surface area contributed by atoms with Gasteiger partial charge in [0.05, 0.1) is 11.9 Å². The maximum absolute atomic E-state index is 13.7. The molecule has 0 aliphatic carbocycles. The molecule has 9 heteroatoms. The third-order valence-corrected chi connectivity index (χ3v) is 7.38. The lowest BCUT2D eigenvalue weighted by molar-refractivity contribution is -0.140. The number of carbonyl (C=O) groups is 2. The summed E-state index contributed by atoms with van der Waals surface area (Å²) in [6, 6.07) is 11.6. The summed E-state index contributed by atoms with van der Waals surface area (Å²) in [5.41, 5.74) is 2.94. The van der Waals surface area contributed by atoms with Gasteiger partial charge in [-0.15, -0.1) is 0 Å². The first-order valence-electron chi connectivity index (χ1n) is 11.8. The first-order chi connectivity index (χ1) is 16.5. The van der Waals surface area contributed by atoms with Crippen LogP contribution in [0, 0.1) is 13.8 Å². The fourth-order valence-electron chi connectivity index (χ4n) is 3.81. The number of hydrogen-bond acceptors (Lipinski definition) is 4. The van der Waals surface area contributed by atoms with Crippen LogP contribution < -0.4 is 9.62 Å². The summed E-state index contributed by atoms with van der Waals surface area (Å²) in [7, 11) is -3.77. The van der Waals surface area contributed by atoms with Crippen molar-refractivity contribution in [3.63, 3.8) is 0 Å². The predicted molar refractivity (Wildman–Crippen MR) is 142 cm³/mol. The molecule has 0 spiro atoms. The van der Waals surface area contributed by atoms with Crippen molar-refractivity contribution in [1.29, 1.82) is 0 Å². The van der Waals surface area contributed by atoms with Crippen LogP contribution >= 0.6 is 11.6 Å². The smallest absolute Gasteiger partial charge is 0.244 e. The number of benzene rings is 2. The Morgan fingerprint density at radius 3 is 2.29 bits per heavy atom. The van der Waals surface area contributed by atoms with Crippen molar-refractivity contribution in [2.45, 2.75) is 59.5 Å². The summed E-state index contributed by atoms with van der Waals surface area (Å²) < 4.78 is 26.6. The molecule has 2 amide bonds. The van der Waals surface area contributed by atoms with E-state index in [1.807, 2.05) is 33.8 Å². The molecule has 192 valence electrons. The van der Waals surface area contributed by atoms with E-state index in [0.717, 1.165) is 40.1 Å². The average molecular weight is 522 g/mol. The second kappa shape index (κ2) is 12.9. The zero-order chi connectivity index (χ0) is 26.2. The van der Waals surface area contributed by atoms with Crippen molar-refractivity contribution >= 4 is 39.1 Å². The van der Waals surface area contributed by atoms with Gasteiger partial charge in [-0.2, -0.15) is 0 Å². The van der Waals surface area contributed by atoms with E-state index in [1.54, 1.807) is 36.4 Å². The number of aryl methyl sites for hydroxylation is 1. The number of nitrogens with one attached hydrogen (secondary N) is 1. The highest BCUT2D eigenvalue weighted by Gasteiger charge is 2.32. The fourth-order valence-corrected chi connectivity index (χ4v) is 4.84. The summed E-state index contributed by atoms with van der Waals surface area (Å²) in [6.45, 7) is 7.86. The van der Waals surface area contributed by atoms with Crippen LogP contribution in [0.2, 0.25) is 5.02 Å². The van der Waals surface area contributed by atoms with Gasteiger partial charge in [0.2, 0.25) is 21.8 Å². The molecule has 7 nitrogen and oxygen atoms in total. The number of rotatable bonds is 12. The minimum Gasteiger partial charge on any atom is -0.354 e. The van der Waals surface area contributed by atoms with Gasteiger partial charge >= 0.3 is 0 Å². The predicted octanol–water partition coefficient (Wildman–Crippen LogP) is 4.45. The summed E-state index contributed by atoms with van der Waals surface area (Å²) >= 11 is 6.02. The van der Waals surface area contributed by atoms with Crippen molar-refractivity contribution in [1.82, 2.24) is 10.2 Å². The first-order valence-corrected chi connectivity index (χ1v) is 14.1. The third-order valence-electron chi connectivity index (χ3n) is 6.01. The number of nitrogens with zero attached hydrogens (tertiary/aromatic N) is 2. The zero-order valence-electron chi connectivity index (χ0n) is 21.2. The van der Waals surface area contributed by atoms with Crippen LogP contribution in [0.4, 0.5) is 5.69 Å². The molecule has 2 aromatic rings. The van der Waals surface area contributed by atoms with Gasteiger partial charge in [0.1, 0.15) is 12.6 Å². The van der Waals surface area contributed by atoms with Crippen LogP contribution in [0.5, 0.6) is 0 Å². The van der Waals surface area contributed by atoms with Crippen LogP contribution in [-0.2, 0) is 26.2 Å². The number of halogens is 1. The van der Waals surface area contributed by atoms with Gasteiger partial charge < -0.3 is 10.2 Å². The number of sulfonamides is 1. The highest BCUT2D eigenvalue weighted by molar-refractivity contribution is 7.92. The molecule has 0 fully saturated rings. The molecule has 35 heavy (non-hydrogen) atoms. The van der Waals surface area contributed by atoms with Crippen LogP contribution in [0.3, 0.4) is 0 Å². The quantitative estimate of drug-likeness (QED) is 0.418. The van der Waals surface area contributed by atoms with E-state index in [2.05, 4.69) is 5.32 Å². The molecule has 0 radical (unpaired) electrons. The highest BCUT2D eigenvalue weighted by atomic mass is 35.5. The summed E-state index contributed by atoms with van der Waals surface area (Å²) in [5.74, 6) is -0.704. The number of hydrogen-bond donors (Lipinski definition) is 1. The number of unbranched alkanes of at least 4 members (excludes halogenated alkanes) is 1. The average Bonchev–Trinajstić information content (AvgIpc) is 2.80. The Balaban J connectivity index is 2.43. The van der Waals surface area contributed by atoms with Gasteiger partial charge in [-0.1, -0.05) is 56.1 Å². The Kier molecular flexibility index (Phi) is 10.6. The van der Waals surface area contributed by atoms with Crippen molar-refractivity contribution in [3.8, 4) is 0 Å². The Labute approximate surface area is 214 Å². The normalized spacial score (nSPS) is 12.2. The lowest BCUT2D eigenvalue weighted by Gasteiger charge is -2.33. The lowest BCUT2D eigenvalue weighted by atomic mass is 10.1. The van der Waals surface area contributed by atoms with Crippen molar-refractivity contribution in [2.24, 2.45) is 0 Å². The Morgan fingerprint density at radius 1 is 1.06 bits per heavy atom. The number of anilines is 1. The molecule has 0 heterocycles. The van der Waals surface area contributed by atoms with Crippen LogP contribution in [0.25, 0.3) is 0 Å². The molecule has 0 saturated heterocycles. The van der Waals surface area contributed by atoms with E-state index in [-0.39, 0.29) is 12.5 Å². The second-order valence-electron chi connectivity index (χ2n) is 8.71. The second-order valence-corrected chi connectivity index (χ2v) is 11.0. The topological polar surface area (TPSA) is 86.8 Å². The molecule has 0 bridgehead atoms. The van der Waals surface area contributed by atoms with Crippen molar-refractivity contribution in [2.75, 3.05) is 23.7 Å². The first kappa shape index (κ1) is 28.7. The van der Waals surface area contributed by atoms with E-state index in [1.165, 1.54) is 4.90 Å². The van der Waals surface area contributed by atoms with Gasteiger partial charge in [-0.3, -0.25) is 13.9 Å². The highest BCUT2D eigenvalue weighted by Crippen LogP contribution is 2.25. The molecule has 0 aliphatic rings. The molecule has 0 aromatic heterocycles. The summed E-state index contributed by atoms with van der Waals surface area (Å²) in [6.07, 6.45) is 3.24. The molecule has 2 aromatic carbocycles. The molecule has 0 saturated carbocycles.